The average Bonchev–Trinajstić information content (AvgIpc) is 3.25. The monoisotopic (exact) mass is 390 g/mol. The number of hydrogen-bond donors (Lipinski definition) is 3. The number of carbonyl (C=O) groups excluding carboxylic acids is 2. The van der Waals surface area contributed by atoms with Crippen LogP contribution in [0.15, 0.2) is 60.8 Å². The lowest BCUT2D eigenvalue weighted by Gasteiger charge is -2.22. The molecule has 0 bridgehead atoms. The zero-order valence-electron chi connectivity index (χ0n) is 16.9. The number of amides is 2. The van der Waals surface area contributed by atoms with Crippen molar-refractivity contribution in [3.63, 3.8) is 0 Å². The van der Waals surface area contributed by atoms with Crippen molar-refractivity contribution in [2.75, 3.05) is 0 Å². The lowest BCUT2D eigenvalue weighted by atomic mass is 10.0. The van der Waals surface area contributed by atoms with Crippen LogP contribution in [-0.4, -0.2) is 28.1 Å². The largest absolute Gasteiger partial charge is 0.350 e. The smallest absolute Gasteiger partial charge is 0.251 e. The average molecular weight is 390 g/mol. The highest BCUT2D eigenvalue weighted by atomic mass is 16.2. The number of carbonyl (C=O) groups is 2. The Labute approximate surface area is 170 Å². The highest BCUT2D eigenvalue weighted by Crippen LogP contribution is 2.16. The zero-order valence-corrected chi connectivity index (χ0v) is 16.9. The van der Waals surface area contributed by atoms with E-state index in [1.165, 1.54) is 0 Å². The van der Waals surface area contributed by atoms with Crippen LogP contribution in [0.5, 0.6) is 0 Å². The van der Waals surface area contributed by atoms with E-state index >= 15 is 0 Å². The van der Waals surface area contributed by atoms with E-state index in [1.807, 2.05) is 63.2 Å². The molecule has 0 spiro atoms. The van der Waals surface area contributed by atoms with E-state index in [0.29, 0.717) is 12.1 Å². The first kappa shape index (κ1) is 20.3. The third-order valence-corrected chi connectivity index (χ3v) is 4.78. The van der Waals surface area contributed by atoms with Gasteiger partial charge in [0.1, 0.15) is 6.04 Å². The molecule has 0 saturated heterocycles. The van der Waals surface area contributed by atoms with E-state index < -0.39 is 6.04 Å². The molecule has 29 heavy (non-hydrogen) atoms. The van der Waals surface area contributed by atoms with Gasteiger partial charge in [0.05, 0.1) is 5.69 Å². The molecule has 1 aromatic heterocycles. The number of H-pyrrole nitrogens is 1. The van der Waals surface area contributed by atoms with Gasteiger partial charge in [0.25, 0.3) is 5.91 Å². The predicted molar refractivity (Wildman–Crippen MR) is 113 cm³/mol. The summed E-state index contributed by atoms with van der Waals surface area (Å²) in [5.74, 6) is -0.479. The van der Waals surface area contributed by atoms with Crippen molar-refractivity contribution in [1.82, 2.24) is 20.8 Å². The maximum atomic E-state index is 12.7. The molecular formula is C23H26N4O2. The van der Waals surface area contributed by atoms with Crippen molar-refractivity contribution in [2.45, 2.75) is 33.4 Å². The Morgan fingerprint density at radius 3 is 2.28 bits per heavy atom. The van der Waals surface area contributed by atoms with Gasteiger partial charge < -0.3 is 10.6 Å². The standard InChI is InChI=1S/C23H26N4O2/c1-15(2)21(26-22(28)19-8-4-16(3)5-9-19)23(29)24-14-17-6-10-18(11-7-17)20-12-13-25-27-20/h4-13,15,21H,14H2,1-3H3,(H,24,29)(H,25,27)(H,26,28). The molecule has 0 radical (unpaired) electrons. The molecule has 1 atom stereocenters. The second kappa shape index (κ2) is 9.19. The van der Waals surface area contributed by atoms with E-state index in [9.17, 15) is 9.59 Å². The first-order chi connectivity index (χ1) is 13.9. The maximum Gasteiger partial charge on any atom is 0.251 e. The molecular weight excluding hydrogens is 364 g/mol. The van der Waals surface area contributed by atoms with Crippen molar-refractivity contribution in [1.29, 1.82) is 0 Å². The van der Waals surface area contributed by atoms with E-state index in [4.69, 9.17) is 0 Å². The molecule has 3 N–H and O–H groups in total. The molecule has 1 heterocycles. The molecule has 0 aliphatic heterocycles. The quantitative estimate of drug-likeness (QED) is 0.577. The Morgan fingerprint density at radius 1 is 1.00 bits per heavy atom. The molecule has 2 amide bonds. The summed E-state index contributed by atoms with van der Waals surface area (Å²) in [6.07, 6.45) is 1.71. The fraction of sp³-hybridized carbons (Fsp3) is 0.261. The number of aromatic nitrogens is 2. The number of aromatic amines is 1. The lowest BCUT2D eigenvalue weighted by molar-refractivity contribution is -0.124. The Balaban J connectivity index is 1.59. The minimum Gasteiger partial charge on any atom is -0.350 e. The molecule has 0 aliphatic rings. The number of nitrogens with zero attached hydrogens (tertiary/aromatic N) is 1. The molecule has 6 nitrogen and oxygen atoms in total. The van der Waals surface area contributed by atoms with E-state index in [-0.39, 0.29) is 17.7 Å². The number of benzene rings is 2. The van der Waals surface area contributed by atoms with Gasteiger partial charge in [-0.2, -0.15) is 5.10 Å². The molecule has 0 aliphatic carbocycles. The second-order valence-corrected chi connectivity index (χ2v) is 7.45. The second-order valence-electron chi connectivity index (χ2n) is 7.45. The Hall–Kier alpha value is -3.41. The molecule has 2 aromatic carbocycles. The summed E-state index contributed by atoms with van der Waals surface area (Å²) in [6, 6.07) is 16.5. The van der Waals surface area contributed by atoms with Crippen LogP contribution in [-0.2, 0) is 11.3 Å². The molecule has 3 aromatic rings. The van der Waals surface area contributed by atoms with Crippen molar-refractivity contribution < 1.29 is 9.59 Å². The molecule has 0 saturated carbocycles. The van der Waals surface area contributed by atoms with Crippen molar-refractivity contribution >= 4 is 11.8 Å². The van der Waals surface area contributed by atoms with Crippen molar-refractivity contribution in [3.05, 3.63) is 77.5 Å². The molecule has 6 heteroatoms. The molecule has 0 fully saturated rings. The van der Waals surface area contributed by atoms with Crippen molar-refractivity contribution in [2.24, 2.45) is 5.92 Å². The summed E-state index contributed by atoms with van der Waals surface area (Å²) in [7, 11) is 0. The van der Waals surface area contributed by atoms with Crippen LogP contribution < -0.4 is 10.6 Å². The lowest BCUT2D eigenvalue weighted by Crippen LogP contribution is -2.49. The summed E-state index contributed by atoms with van der Waals surface area (Å²) in [5.41, 5.74) is 4.58. The topological polar surface area (TPSA) is 86.9 Å². The SMILES string of the molecule is Cc1ccc(C(=O)NC(C(=O)NCc2ccc(-c3ccn[nH]3)cc2)C(C)C)cc1. The Morgan fingerprint density at radius 2 is 1.69 bits per heavy atom. The Kier molecular flexibility index (Phi) is 6.44. The number of rotatable bonds is 7. The third-order valence-electron chi connectivity index (χ3n) is 4.78. The van der Waals surface area contributed by atoms with E-state index in [0.717, 1.165) is 22.4 Å². The molecule has 150 valence electrons. The fourth-order valence-corrected chi connectivity index (χ4v) is 2.98. The van der Waals surface area contributed by atoms with Crippen LogP contribution >= 0.6 is 0 Å². The summed E-state index contributed by atoms with van der Waals surface area (Å²) < 4.78 is 0. The number of hydrogen-bond acceptors (Lipinski definition) is 3. The summed E-state index contributed by atoms with van der Waals surface area (Å²) in [5, 5.41) is 12.7. The summed E-state index contributed by atoms with van der Waals surface area (Å²) >= 11 is 0. The van der Waals surface area contributed by atoms with E-state index in [1.54, 1.807) is 18.3 Å². The van der Waals surface area contributed by atoms with Gasteiger partial charge in [-0.1, -0.05) is 55.8 Å². The van der Waals surface area contributed by atoms with Gasteiger partial charge >= 0.3 is 0 Å². The highest BCUT2D eigenvalue weighted by molar-refractivity contribution is 5.97. The minimum absolute atomic E-state index is 0.0350. The van der Waals surface area contributed by atoms with Gasteiger partial charge in [-0.3, -0.25) is 14.7 Å². The van der Waals surface area contributed by atoms with Crippen molar-refractivity contribution in [3.8, 4) is 11.3 Å². The van der Waals surface area contributed by atoms with Gasteiger partial charge in [0.2, 0.25) is 5.91 Å². The zero-order chi connectivity index (χ0) is 20.8. The van der Waals surface area contributed by atoms with Crippen LogP contribution in [0.2, 0.25) is 0 Å². The van der Waals surface area contributed by atoms with Gasteiger partial charge in [-0.25, -0.2) is 0 Å². The van der Waals surface area contributed by atoms with Gasteiger partial charge in [-0.15, -0.1) is 0 Å². The van der Waals surface area contributed by atoms with Crippen LogP contribution in [0.25, 0.3) is 11.3 Å². The maximum absolute atomic E-state index is 12.7. The van der Waals surface area contributed by atoms with Crippen LogP contribution in [0.3, 0.4) is 0 Å². The summed E-state index contributed by atoms with van der Waals surface area (Å²) in [6.45, 7) is 6.19. The van der Waals surface area contributed by atoms with Gasteiger partial charge in [0, 0.05) is 18.3 Å². The summed E-state index contributed by atoms with van der Waals surface area (Å²) in [4.78, 5) is 25.2. The third kappa shape index (κ3) is 5.31. The predicted octanol–water partition coefficient (Wildman–Crippen LogP) is 3.46. The first-order valence-corrected chi connectivity index (χ1v) is 9.68. The van der Waals surface area contributed by atoms with Crippen LogP contribution in [0.1, 0.15) is 35.3 Å². The fourth-order valence-electron chi connectivity index (χ4n) is 2.98. The van der Waals surface area contributed by atoms with E-state index in [2.05, 4.69) is 20.8 Å². The highest BCUT2D eigenvalue weighted by Gasteiger charge is 2.24. The van der Waals surface area contributed by atoms with Crippen LogP contribution in [0, 0.1) is 12.8 Å². The molecule has 3 rings (SSSR count). The number of aryl methyl sites for hydroxylation is 1. The normalized spacial score (nSPS) is 11.9. The van der Waals surface area contributed by atoms with Crippen LogP contribution in [0.4, 0.5) is 0 Å². The van der Waals surface area contributed by atoms with Gasteiger partial charge in [0.15, 0.2) is 0 Å². The van der Waals surface area contributed by atoms with Gasteiger partial charge in [-0.05, 0) is 42.2 Å². The Bertz CT molecular complexity index is 946. The first-order valence-electron chi connectivity index (χ1n) is 9.68. The number of nitrogens with one attached hydrogen (secondary N) is 3. The minimum atomic E-state index is -0.604. The molecule has 1 unspecified atom stereocenters.